The number of carbonyl (C=O) groups is 1. The van der Waals surface area contributed by atoms with Crippen molar-refractivity contribution >= 4 is 17.7 Å². The number of hydrogen-bond donors (Lipinski definition) is 1. The fraction of sp³-hybridized carbons (Fsp3) is 0.833. The Bertz CT molecular complexity index is 301. The minimum Gasteiger partial charge on any atom is -0.353 e. The van der Waals surface area contributed by atoms with Gasteiger partial charge in [-0.3, -0.25) is 4.79 Å². The second-order valence-electron chi connectivity index (χ2n) is 4.47. The number of nitrogens with one attached hydrogen (secondary N) is 1. The lowest BCUT2D eigenvalue weighted by atomic mass is 9.83. The molecule has 1 N–H and O–H groups in total. The maximum Gasteiger partial charge on any atom is 0.240 e. The summed E-state index contributed by atoms with van der Waals surface area (Å²) in [6.45, 7) is 4.50. The van der Waals surface area contributed by atoms with Crippen LogP contribution < -0.4 is 5.32 Å². The summed E-state index contributed by atoms with van der Waals surface area (Å²) >= 11 is 1.82. The van der Waals surface area contributed by atoms with Crippen LogP contribution in [0.4, 0.5) is 0 Å². The summed E-state index contributed by atoms with van der Waals surface area (Å²) in [6.07, 6.45) is 5.59. The zero-order chi connectivity index (χ0) is 12.2. The molecule has 0 spiro atoms. The van der Waals surface area contributed by atoms with Crippen molar-refractivity contribution in [3.05, 3.63) is 0 Å². The Hall–Kier alpha value is -0.690. The highest BCUT2D eigenvalue weighted by Gasteiger charge is 2.43. The molecule has 90 valence electrons. The number of rotatable bonds is 6. The lowest BCUT2D eigenvalue weighted by Crippen LogP contribution is -2.42. The van der Waals surface area contributed by atoms with Crippen LogP contribution in [-0.4, -0.2) is 23.5 Å². The SMILES string of the molecule is CCC(C#N)(CC)C(=O)NCC1(SC)CC1. The van der Waals surface area contributed by atoms with E-state index in [1.54, 1.807) is 0 Å². The standard InChI is InChI=1S/C12H20N2OS/c1-4-11(5-2,8-13)10(15)14-9-12(16-3)6-7-12/h4-7,9H2,1-3H3,(H,14,15). The smallest absolute Gasteiger partial charge is 0.240 e. The summed E-state index contributed by atoms with van der Waals surface area (Å²) in [4.78, 5) is 12.0. The van der Waals surface area contributed by atoms with E-state index in [9.17, 15) is 4.79 Å². The van der Waals surface area contributed by atoms with E-state index in [1.165, 1.54) is 12.8 Å². The maximum atomic E-state index is 12.0. The van der Waals surface area contributed by atoms with Gasteiger partial charge in [-0.2, -0.15) is 17.0 Å². The van der Waals surface area contributed by atoms with Crippen molar-refractivity contribution in [2.45, 2.75) is 44.3 Å². The normalized spacial score (nSPS) is 17.6. The summed E-state index contributed by atoms with van der Waals surface area (Å²) in [6, 6.07) is 2.17. The third-order valence-corrected chi connectivity index (χ3v) is 5.09. The van der Waals surface area contributed by atoms with Crippen LogP contribution in [0.1, 0.15) is 39.5 Å². The first-order chi connectivity index (χ1) is 7.58. The number of amides is 1. The molecule has 0 heterocycles. The molecule has 4 heteroatoms. The first-order valence-corrected chi connectivity index (χ1v) is 7.05. The summed E-state index contributed by atoms with van der Waals surface area (Å²) in [5, 5.41) is 12.1. The molecule has 3 nitrogen and oxygen atoms in total. The molecule has 1 rings (SSSR count). The summed E-state index contributed by atoms with van der Waals surface area (Å²) in [5.41, 5.74) is -0.825. The van der Waals surface area contributed by atoms with Gasteiger partial charge in [-0.1, -0.05) is 13.8 Å². The van der Waals surface area contributed by atoms with Gasteiger partial charge in [0.1, 0.15) is 5.41 Å². The van der Waals surface area contributed by atoms with Gasteiger partial charge in [0.05, 0.1) is 6.07 Å². The second kappa shape index (κ2) is 5.09. The summed E-state index contributed by atoms with van der Waals surface area (Å²) in [5.74, 6) is -0.0969. The van der Waals surface area contributed by atoms with E-state index in [2.05, 4.69) is 17.6 Å². The summed E-state index contributed by atoms with van der Waals surface area (Å²) in [7, 11) is 0. The lowest BCUT2D eigenvalue weighted by molar-refractivity contribution is -0.128. The van der Waals surface area contributed by atoms with E-state index in [4.69, 9.17) is 5.26 Å². The molecule has 1 fully saturated rings. The third-order valence-electron chi connectivity index (χ3n) is 3.67. The van der Waals surface area contributed by atoms with Gasteiger partial charge in [0.25, 0.3) is 0 Å². The van der Waals surface area contributed by atoms with Crippen LogP contribution in [-0.2, 0) is 4.79 Å². The van der Waals surface area contributed by atoms with Crippen LogP contribution in [0.5, 0.6) is 0 Å². The molecule has 0 unspecified atom stereocenters. The molecule has 16 heavy (non-hydrogen) atoms. The average molecular weight is 240 g/mol. The molecule has 1 amide bonds. The molecule has 0 aromatic carbocycles. The number of hydrogen-bond acceptors (Lipinski definition) is 3. The number of nitrogens with zero attached hydrogens (tertiary/aromatic N) is 1. The molecule has 0 bridgehead atoms. The van der Waals surface area contributed by atoms with Crippen molar-refractivity contribution in [3.63, 3.8) is 0 Å². The van der Waals surface area contributed by atoms with Crippen LogP contribution in [0.2, 0.25) is 0 Å². The topological polar surface area (TPSA) is 52.9 Å². The number of thioether (sulfide) groups is 1. The maximum absolute atomic E-state index is 12.0. The first-order valence-electron chi connectivity index (χ1n) is 5.83. The highest BCUT2D eigenvalue weighted by Crippen LogP contribution is 2.46. The van der Waals surface area contributed by atoms with E-state index in [-0.39, 0.29) is 10.7 Å². The summed E-state index contributed by atoms with van der Waals surface area (Å²) < 4.78 is 0.262. The molecule has 0 aromatic rings. The quantitative estimate of drug-likeness (QED) is 0.775. The molecule has 1 aliphatic rings. The molecule has 0 radical (unpaired) electrons. The van der Waals surface area contributed by atoms with Gasteiger partial charge in [0, 0.05) is 11.3 Å². The van der Waals surface area contributed by atoms with Crippen LogP contribution in [0, 0.1) is 16.7 Å². The van der Waals surface area contributed by atoms with E-state index in [1.807, 2.05) is 25.6 Å². The Labute approximate surface area is 102 Å². The molecular weight excluding hydrogens is 220 g/mol. The molecule has 0 saturated heterocycles. The highest BCUT2D eigenvalue weighted by atomic mass is 32.2. The largest absolute Gasteiger partial charge is 0.353 e. The van der Waals surface area contributed by atoms with Gasteiger partial charge in [-0.25, -0.2) is 0 Å². The zero-order valence-corrected chi connectivity index (χ0v) is 11.1. The van der Waals surface area contributed by atoms with Gasteiger partial charge < -0.3 is 5.32 Å². The predicted octanol–water partition coefficient (Wildman–Crippen LogP) is 2.33. The van der Waals surface area contributed by atoms with Crippen LogP contribution >= 0.6 is 11.8 Å². The monoisotopic (exact) mass is 240 g/mol. The van der Waals surface area contributed by atoms with Gasteiger partial charge in [0.2, 0.25) is 5.91 Å². The van der Waals surface area contributed by atoms with Crippen molar-refractivity contribution in [3.8, 4) is 6.07 Å². The van der Waals surface area contributed by atoms with Crippen LogP contribution in [0.15, 0.2) is 0 Å². The molecule has 1 aliphatic carbocycles. The Morgan fingerprint density at radius 2 is 2.06 bits per heavy atom. The van der Waals surface area contributed by atoms with Gasteiger partial charge in [-0.15, -0.1) is 0 Å². The zero-order valence-electron chi connectivity index (χ0n) is 10.3. The van der Waals surface area contributed by atoms with E-state index >= 15 is 0 Å². The van der Waals surface area contributed by atoms with E-state index in [0.717, 1.165) is 0 Å². The number of carbonyl (C=O) groups excluding carboxylic acids is 1. The molecule has 1 saturated carbocycles. The van der Waals surface area contributed by atoms with Gasteiger partial charge in [0.15, 0.2) is 0 Å². The van der Waals surface area contributed by atoms with Crippen molar-refractivity contribution in [2.24, 2.45) is 5.41 Å². The Balaban J connectivity index is 2.54. The Kier molecular flexibility index (Phi) is 4.26. The van der Waals surface area contributed by atoms with Crippen molar-refractivity contribution in [1.29, 1.82) is 5.26 Å². The molecule has 0 aliphatic heterocycles. The third kappa shape index (κ3) is 2.52. The predicted molar refractivity (Wildman–Crippen MR) is 67.1 cm³/mol. The van der Waals surface area contributed by atoms with Gasteiger partial charge >= 0.3 is 0 Å². The second-order valence-corrected chi connectivity index (χ2v) is 5.75. The van der Waals surface area contributed by atoms with Gasteiger partial charge in [-0.05, 0) is 31.9 Å². The number of nitriles is 1. The van der Waals surface area contributed by atoms with Crippen molar-refractivity contribution < 1.29 is 4.79 Å². The van der Waals surface area contributed by atoms with E-state index < -0.39 is 5.41 Å². The highest BCUT2D eigenvalue weighted by molar-refractivity contribution is 8.00. The first kappa shape index (κ1) is 13.4. The van der Waals surface area contributed by atoms with Crippen LogP contribution in [0.3, 0.4) is 0 Å². The fourth-order valence-electron chi connectivity index (χ4n) is 1.78. The molecular formula is C12H20N2OS. The van der Waals surface area contributed by atoms with Crippen molar-refractivity contribution in [2.75, 3.05) is 12.8 Å². The minimum atomic E-state index is -0.825. The van der Waals surface area contributed by atoms with Crippen LogP contribution in [0.25, 0.3) is 0 Å². The Morgan fingerprint density at radius 3 is 2.38 bits per heavy atom. The van der Waals surface area contributed by atoms with E-state index in [0.29, 0.717) is 19.4 Å². The van der Waals surface area contributed by atoms with Crippen molar-refractivity contribution in [1.82, 2.24) is 5.32 Å². The minimum absolute atomic E-state index is 0.0969. The Morgan fingerprint density at radius 1 is 1.50 bits per heavy atom. The average Bonchev–Trinajstić information content (AvgIpc) is 3.10. The molecule has 0 atom stereocenters. The lowest BCUT2D eigenvalue weighted by Gasteiger charge is -2.23. The fourth-order valence-corrected chi connectivity index (χ4v) is 2.51. The molecule has 0 aromatic heterocycles.